The second-order valence-electron chi connectivity index (χ2n) is 8.45. The number of hydrogen-bond acceptors (Lipinski definition) is 5. The molecule has 1 saturated heterocycles. The summed E-state index contributed by atoms with van der Waals surface area (Å²) in [7, 11) is -3.88. The van der Waals surface area contributed by atoms with E-state index < -0.39 is 15.8 Å². The number of halogens is 1. The van der Waals surface area contributed by atoms with Crippen molar-refractivity contribution in [2.24, 2.45) is 0 Å². The van der Waals surface area contributed by atoms with Crippen LogP contribution in [0.25, 0.3) is 0 Å². The SMILES string of the molecule is Cc1cc(S(=O)(=O)Nc2ccc(C(=O)Nc3ccc(CCN4CCOCC4)cc3)cc2)ccc1F. The Bertz CT molecular complexity index is 1270. The van der Waals surface area contributed by atoms with Crippen LogP contribution < -0.4 is 10.0 Å². The highest BCUT2D eigenvalue weighted by atomic mass is 32.2. The fraction of sp³-hybridized carbons (Fsp3) is 0.269. The first kappa shape index (κ1) is 24.8. The molecule has 0 bridgehead atoms. The van der Waals surface area contributed by atoms with Gasteiger partial charge in [0, 0.05) is 36.6 Å². The summed E-state index contributed by atoms with van der Waals surface area (Å²) in [5.41, 5.74) is 2.81. The standard InChI is InChI=1S/C26H28FN3O4S/c1-19-18-24(10-11-25(19)27)35(32,33)29-23-8-4-21(5-9-23)26(31)28-22-6-2-20(3-7-22)12-13-30-14-16-34-17-15-30/h2-11,18,29H,12-17H2,1H3,(H,28,31). The molecule has 0 aliphatic carbocycles. The highest BCUT2D eigenvalue weighted by Crippen LogP contribution is 2.20. The molecule has 2 N–H and O–H groups in total. The number of ether oxygens (including phenoxy) is 1. The fourth-order valence-electron chi connectivity index (χ4n) is 3.76. The maximum absolute atomic E-state index is 13.5. The van der Waals surface area contributed by atoms with Crippen LogP contribution in [0.1, 0.15) is 21.5 Å². The molecule has 1 aliphatic rings. The lowest BCUT2D eigenvalue weighted by atomic mass is 10.1. The number of carbonyl (C=O) groups is 1. The van der Waals surface area contributed by atoms with Crippen molar-refractivity contribution in [1.82, 2.24) is 4.90 Å². The largest absolute Gasteiger partial charge is 0.379 e. The molecule has 0 aromatic heterocycles. The fourth-order valence-corrected chi connectivity index (χ4v) is 4.90. The van der Waals surface area contributed by atoms with E-state index in [9.17, 15) is 17.6 Å². The zero-order valence-corrected chi connectivity index (χ0v) is 20.3. The van der Waals surface area contributed by atoms with E-state index in [1.807, 2.05) is 24.3 Å². The van der Waals surface area contributed by atoms with Gasteiger partial charge in [-0.25, -0.2) is 12.8 Å². The summed E-state index contributed by atoms with van der Waals surface area (Å²) in [6.45, 7) is 5.96. The van der Waals surface area contributed by atoms with Gasteiger partial charge in [0.2, 0.25) is 0 Å². The van der Waals surface area contributed by atoms with Crippen LogP contribution in [0.15, 0.2) is 71.6 Å². The summed E-state index contributed by atoms with van der Waals surface area (Å²) in [6.07, 6.45) is 0.934. The summed E-state index contributed by atoms with van der Waals surface area (Å²) >= 11 is 0. The number of nitrogens with zero attached hydrogens (tertiary/aromatic N) is 1. The van der Waals surface area contributed by atoms with Gasteiger partial charge in [0.15, 0.2) is 0 Å². The summed E-state index contributed by atoms with van der Waals surface area (Å²) in [5.74, 6) is -0.767. The molecule has 35 heavy (non-hydrogen) atoms. The molecule has 0 atom stereocenters. The van der Waals surface area contributed by atoms with Gasteiger partial charge in [0.25, 0.3) is 15.9 Å². The zero-order valence-electron chi connectivity index (χ0n) is 19.5. The lowest BCUT2D eigenvalue weighted by molar-refractivity contribution is 0.0384. The third-order valence-corrected chi connectivity index (χ3v) is 7.25. The Kier molecular flexibility index (Phi) is 7.80. The van der Waals surface area contributed by atoms with Crippen LogP contribution in [-0.4, -0.2) is 52.1 Å². The molecular weight excluding hydrogens is 469 g/mol. The van der Waals surface area contributed by atoms with Gasteiger partial charge in [-0.05, 0) is 79.1 Å². The molecule has 3 aromatic carbocycles. The topological polar surface area (TPSA) is 87.7 Å². The lowest BCUT2D eigenvalue weighted by Crippen LogP contribution is -2.37. The second kappa shape index (κ2) is 11.0. The van der Waals surface area contributed by atoms with E-state index in [1.54, 1.807) is 12.1 Å². The van der Waals surface area contributed by atoms with E-state index in [0.29, 0.717) is 16.9 Å². The summed E-state index contributed by atoms with van der Waals surface area (Å²) in [4.78, 5) is 15.0. The van der Waals surface area contributed by atoms with Crippen molar-refractivity contribution in [1.29, 1.82) is 0 Å². The number of anilines is 2. The highest BCUT2D eigenvalue weighted by molar-refractivity contribution is 7.92. The molecule has 0 saturated carbocycles. The Morgan fingerprint density at radius 2 is 1.63 bits per heavy atom. The number of aryl methyl sites for hydroxylation is 1. The summed E-state index contributed by atoms with van der Waals surface area (Å²) in [6, 6.07) is 17.5. The Labute approximate surface area is 205 Å². The number of carbonyl (C=O) groups excluding carboxylic acids is 1. The molecule has 1 fully saturated rings. The van der Waals surface area contributed by atoms with Gasteiger partial charge < -0.3 is 10.1 Å². The molecule has 1 amide bonds. The minimum absolute atomic E-state index is 0.0355. The number of hydrogen-bond donors (Lipinski definition) is 2. The van der Waals surface area contributed by atoms with Crippen LogP contribution in [-0.2, 0) is 21.2 Å². The van der Waals surface area contributed by atoms with Gasteiger partial charge in [0.05, 0.1) is 18.1 Å². The Morgan fingerprint density at radius 1 is 0.971 bits per heavy atom. The van der Waals surface area contributed by atoms with E-state index in [1.165, 1.54) is 36.8 Å². The molecule has 9 heteroatoms. The monoisotopic (exact) mass is 497 g/mol. The molecule has 0 spiro atoms. The van der Waals surface area contributed by atoms with Crippen molar-refractivity contribution in [3.05, 3.63) is 89.2 Å². The van der Waals surface area contributed by atoms with E-state index >= 15 is 0 Å². The van der Waals surface area contributed by atoms with E-state index in [2.05, 4.69) is 14.9 Å². The number of amides is 1. The van der Waals surface area contributed by atoms with E-state index in [4.69, 9.17) is 4.74 Å². The van der Waals surface area contributed by atoms with Gasteiger partial charge in [-0.3, -0.25) is 14.4 Å². The van der Waals surface area contributed by atoms with Gasteiger partial charge >= 0.3 is 0 Å². The van der Waals surface area contributed by atoms with Gasteiger partial charge in [-0.2, -0.15) is 0 Å². The van der Waals surface area contributed by atoms with Crippen LogP contribution in [0.3, 0.4) is 0 Å². The molecule has 1 aliphatic heterocycles. The lowest BCUT2D eigenvalue weighted by Gasteiger charge is -2.26. The van der Waals surface area contributed by atoms with Crippen LogP contribution in [0, 0.1) is 12.7 Å². The van der Waals surface area contributed by atoms with E-state index in [0.717, 1.165) is 45.3 Å². The average molecular weight is 498 g/mol. The summed E-state index contributed by atoms with van der Waals surface area (Å²) in [5, 5.41) is 2.86. The van der Waals surface area contributed by atoms with Crippen LogP contribution in [0.4, 0.5) is 15.8 Å². The minimum atomic E-state index is -3.88. The van der Waals surface area contributed by atoms with Crippen LogP contribution >= 0.6 is 0 Å². The minimum Gasteiger partial charge on any atom is -0.379 e. The number of nitrogens with one attached hydrogen (secondary N) is 2. The molecule has 184 valence electrons. The number of sulfonamides is 1. The van der Waals surface area contributed by atoms with Crippen molar-refractivity contribution < 1.29 is 22.3 Å². The predicted octanol–water partition coefficient (Wildman–Crippen LogP) is 4.06. The van der Waals surface area contributed by atoms with Gasteiger partial charge in [0.1, 0.15) is 5.82 Å². The van der Waals surface area contributed by atoms with Crippen molar-refractivity contribution in [3.63, 3.8) is 0 Å². The quantitative estimate of drug-likeness (QED) is 0.490. The first-order chi connectivity index (χ1) is 16.8. The average Bonchev–Trinajstić information content (AvgIpc) is 2.86. The number of benzene rings is 3. The molecule has 3 aromatic rings. The zero-order chi connectivity index (χ0) is 24.8. The van der Waals surface area contributed by atoms with E-state index in [-0.39, 0.29) is 16.4 Å². The van der Waals surface area contributed by atoms with Gasteiger partial charge in [-0.15, -0.1) is 0 Å². The molecule has 1 heterocycles. The normalized spacial score (nSPS) is 14.5. The highest BCUT2D eigenvalue weighted by Gasteiger charge is 2.16. The Morgan fingerprint density at radius 3 is 2.29 bits per heavy atom. The van der Waals surface area contributed by atoms with Crippen LogP contribution in [0.2, 0.25) is 0 Å². The smallest absolute Gasteiger partial charge is 0.261 e. The van der Waals surface area contributed by atoms with Crippen molar-refractivity contribution in [2.75, 3.05) is 42.9 Å². The third-order valence-electron chi connectivity index (χ3n) is 5.87. The Hall–Kier alpha value is -3.27. The molecule has 7 nitrogen and oxygen atoms in total. The second-order valence-corrected chi connectivity index (χ2v) is 10.1. The maximum atomic E-state index is 13.5. The molecule has 4 rings (SSSR count). The summed E-state index contributed by atoms with van der Waals surface area (Å²) < 4.78 is 46.4. The molecule has 0 radical (unpaired) electrons. The maximum Gasteiger partial charge on any atom is 0.261 e. The number of morpholine rings is 1. The van der Waals surface area contributed by atoms with Crippen molar-refractivity contribution >= 4 is 27.3 Å². The first-order valence-electron chi connectivity index (χ1n) is 11.4. The number of rotatable bonds is 8. The van der Waals surface area contributed by atoms with Crippen molar-refractivity contribution in [3.8, 4) is 0 Å². The van der Waals surface area contributed by atoms with Crippen LogP contribution in [0.5, 0.6) is 0 Å². The predicted molar refractivity (Wildman–Crippen MR) is 134 cm³/mol. The van der Waals surface area contributed by atoms with Crippen molar-refractivity contribution in [2.45, 2.75) is 18.2 Å². The third kappa shape index (κ3) is 6.66. The molecule has 0 unspecified atom stereocenters. The first-order valence-corrected chi connectivity index (χ1v) is 12.9. The Balaban J connectivity index is 1.32. The van der Waals surface area contributed by atoms with Gasteiger partial charge in [-0.1, -0.05) is 12.1 Å². The molecular formula is C26H28FN3O4S.